The van der Waals surface area contributed by atoms with Gasteiger partial charge in [-0.25, -0.2) is 13.8 Å². The first-order valence-electron chi connectivity index (χ1n) is 10.9. The molecule has 0 unspecified atom stereocenters. The molecule has 8 nitrogen and oxygen atoms in total. The number of anilines is 1. The van der Waals surface area contributed by atoms with Crippen molar-refractivity contribution < 1.29 is 23.1 Å². The molecule has 0 aliphatic rings. The minimum atomic E-state index is -4.08. The summed E-state index contributed by atoms with van der Waals surface area (Å²) in [5, 5.41) is 14.4. The second-order valence-corrected chi connectivity index (χ2v) is 11.0. The lowest BCUT2D eigenvalue weighted by Gasteiger charge is -2.24. The highest BCUT2D eigenvalue weighted by molar-refractivity contribution is 9.10. The molecule has 11 heteroatoms. The fraction of sp³-hybridized carbons (Fsp3) is 0.200. The van der Waals surface area contributed by atoms with Crippen molar-refractivity contribution in [3.63, 3.8) is 0 Å². The molecule has 3 rings (SSSR count). The Bertz CT molecular complexity index is 1400. The minimum absolute atomic E-state index is 0.00109. The Hall–Kier alpha value is -3.08. The van der Waals surface area contributed by atoms with Gasteiger partial charge in [-0.1, -0.05) is 17.7 Å². The van der Waals surface area contributed by atoms with Crippen LogP contribution in [0.3, 0.4) is 0 Å². The van der Waals surface area contributed by atoms with E-state index >= 15 is 0 Å². The molecule has 1 amide bonds. The fourth-order valence-electron chi connectivity index (χ4n) is 3.21. The number of carbonyl (C=O) groups excluding carboxylic acids is 1. The molecule has 0 radical (unpaired) electrons. The lowest BCUT2D eigenvalue weighted by atomic mass is 10.1. The number of nitrogens with zero attached hydrogens (tertiary/aromatic N) is 2. The molecular weight excluding hydrogens is 570 g/mol. The van der Waals surface area contributed by atoms with Crippen LogP contribution in [0.1, 0.15) is 23.6 Å². The van der Waals surface area contributed by atoms with Gasteiger partial charge in [0.05, 0.1) is 27.9 Å². The number of halogens is 2. The van der Waals surface area contributed by atoms with Crippen molar-refractivity contribution in [2.45, 2.75) is 25.7 Å². The largest absolute Gasteiger partial charge is 0.503 e. The first-order chi connectivity index (χ1) is 17.0. The van der Waals surface area contributed by atoms with Gasteiger partial charge in [0, 0.05) is 5.02 Å². The smallest absolute Gasteiger partial charge is 0.264 e. The molecule has 0 aliphatic carbocycles. The molecule has 0 aliphatic heterocycles. The molecule has 36 heavy (non-hydrogen) atoms. The number of aryl methyl sites for hydroxylation is 2. The number of amides is 1. The third-order valence-electron chi connectivity index (χ3n) is 5.22. The molecule has 3 aromatic rings. The van der Waals surface area contributed by atoms with Crippen LogP contribution in [0.15, 0.2) is 69.1 Å². The van der Waals surface area contributed by atoms with Crippen LogP contribution in [0.2, 0.25) is 5.02 Å². The van der Waals surface area contributed by atoms with Crippen molar-refractivity contribution in [3.05, 3.63) is 80.8 Å². The topological polar surface area (TPSA) is 108 Å². The predicted molar refractivity (Wildman–Crippen MR) is 145 cm³/mol. The van der Waals surface area contributed by atoms with Gasteiger partial charge in [-0.3, -0.25) is 9.10 Å². The van der Waals surface area contributed by atoms with E-state index in [9.17, 15) is 18.3 Å². The monoisotopic (exact) mass is 593 g/mol. The summed E-state index contributed by atoms with van der Waals surface area (Å²) in [6, 6.07) is 14.0. The Labute approximate surface area is 223 Å². The molecule has 3 aromatic carbocycles. The van der Waals surface area contributed by atoms with Gasteiger partial charge in [-0.2, -0.15) is 5.10 Å². The zero-order chi connectivity index (χ0) is 26.5. The summed E-state index contributed by atoms with van der Waals surface area (Å²) in [5.74, 6) is -0.436. The Morgan fingerprint density at radius 2 is 1.83 bits per heavy atom. The van der Waals surface area contributed by atoms with Crippen LogP contribution >= 0.6 is 27.5 Å². The average Bonchev–Trinajstić information content (AvgIpc) is 2.83. The number of hydrazone groups is 1. The van der Waals surface area contributed by atoms with Gasteiger partial charge in [0.1, 0.15) is 6.54 Å². The van der Waals surface area contributed by atoms with Crippen molar-refractivity contribution >= 4 is 55.4 Å². The number of benzene rings is 3. The number of carbonyl (C=O) groups is 1. The molecule has 0 saturated carbocycles. The van der Waals surface area contributed by atoms with Crippen molar-refractivity contribution in [2.75, 3.05) is 17.5 Å². The Balaban J connectivity index is 1.86. The van der Waals surface area contributed by atoms with Crippen LogP contribution in [0.25, 0.3) is 0 Å². The van der Waals surface area contributed by atoms with Crippen LogP contribution in [0.5, 0.6) is 11.5 Å². The molecule has 0 heterocycles. The molecule has 2 N–H and O–H groups in total. The maximum absolute atomic E-state index is 13.5. The lowest BCUT2D eigenvalue weighted by molar-refractivity contribution is -0.119. The van der Waals surface area contributed by atoms with E-state index in [-0.39, 0.29) is 16.4 Å². The highest BCUT2D eigenvalue weighted by Gasteiger charge is 2.27. The van der Waals surface area contributed by atoms with Gasteiger partial charge in [0.25, 0.3) is 15.9 Å². The summed E-state index contributed by atoms with van der Waals surface area (Å²) in [7, 11) is -4.08. The summed E-state index contributed by atoms with van der Waals surface area (Å²) in [6.07, 6.45) is 1.36. The maximum Gasteiger partial charge on any atom is 0.264 e. The van der Waals surface area contributed by atoms with E-state index in [4.69, 9.17) is 16.3 Å². The van der Waals surface area contributed by atoms with Crippen molar-refractivity contribution in [2.24, 2.45) is 5.10 Å². The van der Waals surface area contributed by atoms with Gasteiger partial charge in [0.2, 0.25) is 0 Å². The molecular formula is C25H25BrClN3O5S. The van der Waals surface area contributed by atoms with E-state index in [2.05, 4.69) is 26.5 Å². The number of phenols is 1. The molecule has 190 valence electrons. The fourth-order valence-corrected chi connectivity index (χ4v) is 5.21. The van der Waals surface area contributed by atoms with Crippen LogP contribution in [0, 0.1) is 13.8 Å². The van der Waals surface area contributed by atoms with Crippen molar-refractivity contribution in [3.8, 4) is 11.5 Å². The third kappa shape index (κ3) is 6.57. The summed E-state index contributed by atoms with van der Waals surface area (Å²) >= 11 is 9.17. The van der Waals surface area contributed by atoms with E-state index in [1.54, 1.807) is 37.3 Å². The van der Waals surface area contributed by atoms with Crippen LogP contribution < -0.4 is 14.5 Å². The van der Waals surface area contributed by atoms with E-state index in [1.165, 1.54) is 30.5 Å². The van der Waals surface area contributed by atoms with Gasteiger partial charge >= 0.3 is 0 Å². The summed E-state index contributed by atoms with van der Waals surface area (Å²) in [5.41, 5.74) is 5.12. The van der Waals surface area contributed by atoms with Gasteiger partial charge < -0.3 is 9.84 Å². The molecule has 0 aromatic heterocycles. The Morgan fingerprint density at radius 3 is 2.47 bits per heavy atom. The van der Waals surface area contributed by atoms with Crippen molar-refractivity contribution in [1.29, 1.82) is 0 Å². The number of sulfonamides is 1. The Kier molecular flexibility index (Phi) is 8.99. The second-order valence-electron chi connectivity index (χ2n) is 7.81. The van der Waals surface area contributed by atoms with Crippen LogP contribution in [0.4, 0.5) is 5.69 Å². The van der Waals surface area contributed by atoms with E-state index in [0.717, 1.165) is 15.4 Å². The van der Waals surface area contributed by atoms with Gasteiger partial charge in [-0.15, -0.1) is 0 Å². The quantitative estimate of drug-likeness (QED) is 0.263. The first-order valence-corrected chi connectivity index (χ1v) is 13.5. The second kappa shape index (κ2) is 11.8. The standard InChI is InChI=1S/C25H25BrClN3O5S/c1-4-35-23-13-18(12-22(26)25(23)32)14-28-29-24(31)15-30(20-8-5-16(2)17(3)11-20)36(33,34)21-9-6-19(27)7-10-21/h5-14,32H,4,15H2,1-3H3,(H,29,31)/b28-14-. The molecule has 0 bridgehead atoms. The predicted octanol–water partition coefficient (Wildman–Crippen LogP) is 5.17. The number of nitrogens with one attached hydrogen (secondary N) is 1. The third-order valence-corrected chi connectivity index (χ3v) is 7.87. The SMILES string of the molecule is CCOc1cc(/C=N\NC(=O)CN(c2ccc(C)c(C)c2)S(=O)(=O)c2ccc(Cl)cc2)cc(Br)c1O. The number of hydrogen-bond acceptors (Lipinski definition) is 6. The Morgan fingerprint density at radius 1 is 1.14 bits per heavy atom. The van der Waals surface area contributed by atoms with E-state index in [1.807, 2.05) is 13.8 Å². The average molecular weight is 595 g/mol. The van der Waals surface area contributed by atoms with Crippen LogP contribution in [-0.2, 0) is 14.8 Å². The van der Waals surface area contributed by atoms with E-state index < -0.39 is 22.5 Å². The van der Waals surface area contributed by atoms with Crippen LogP contribution in [-0.4, -0.2) is 38.8 Å². The molecule has 0 saturated heterocycles. The zero-order valence-electron chi connectivity index (χ0n) is 19.8. The van der Waals surface area contributed by atoms with E-state index in [0.29, 0.717) is 27.4 Å². The molecule has 0 spiro atoms. The number of phenolic OH excluding ortho intramolecular Hbond substituents is 1. The highest BCUT2D eigenvalue weighted by Crippen LogP contribution is 2.35. The number of hydrogen-bond donors (Lipinski definition) is 2. The molecule has 0 fully saturated rings. The summed E-state index contributed by atoms with van der Waals surface area (Å²) < 4.78 is 33.7. The minimum Gasteiger partial charge on any atom is -0.503 e. The van der Waals surface area contributed by atoms with Crippen molar-refractivity contribution in [1.82, 2.24) is 5.43 Å². The summed E-state index contributed by atoms with van der Waals surface area (Å²) in [6.45, 7) is 5.41. The van der Waals surface area contributed by atoms with Gasteiger partial charge in [-0.05, 0) is 102 Å². The normalized spacial score (nSPS) is 11.5. The zero-order valence-corrected chi connectivity index (χ0v) is 23.0. The molecule has 0 atom stereocenters. The first kappa shape index (κ1) is 27.5. The number of aromatic hydroxyl groups is 1. The highest BCUT2D eigenvalue weighted by atomic mass is 79.9. The lowest BCUT2D eigenvalue weighted by Crippen LogP contribution is -2.39. The maximum atomic E-state index is 13.5. The number of rotatable bonds is 9. The summed E-state index contributed by atoms with van der Waals surface area (Å²) in [4.78, 5) is 12.8. The number of ether oxygens (including phenoxy) is 1. The van der Waals surface area contributed by atoms with Gasteiger partial charge in [0.15, 0.2) is 11.5 Å².